The van der Waals surface area contributed by atoms with Crippen LogP contribution in [0.15, 0.2) is 79.4 Å². The van der Waals surface area contributed by atoms with Crippen molar-refractivity contribution in [3.8, 4) is 0 Å². The predicted octanol–water partition coefficient (Wildman–Crippen LogP) is 5.39. The van der Waals surface area contributed by atoms with E-state index in [-0.39, 0.29) is 5.78 Å². The SMILES string of the molecule is C=CC(=O)c1c(C)cc(C)c(C(=O)P(=O)(c2ccccc2)c2ccccc2)c1CC. The average Bonchev–Trinajstić information content (AvgIpc) is 2.78. The first kappa shape index (κ1) is 21.7. The average molecular weight is 416 g/mol. The third-order valence-electron chi connectivity index (χ3n) is 5.35. The summed E-state index contributed by atoms with van der Waals surface area (Å²) in [5.74, 6) is -0.229. The van der Waals surface area contributed by atoms with Gasteiger partial charge >= 0.3 is 0 Å². The molecule has 3 aromatic carbocycles. The van der Waals surface area contributed by atoms with Crippen LogP contribution in [0, 0.1) is 13.8 Å². The Morgan fingerprint density at radius 1 is 0.867 bits per heavy atom. The van der Waals surface area contributed by atoms with Gasteiger partial charge in [-0.05, 0) is 43.0 Å². The summed E-state index contributed by atoms with van der Waals surface area (Å²) in [5.41, 5.74) is 2.57. The highest BCUT2D eigenvalue weighted by Crippen LogP contribution is 2.48. The van der Waals surface area contributed by atoms with Crippen LogP contribution in [0.1, 0.15) is 44.3 Å². The number of benzene rings is 3. The van der Waals surface area contributed by atoms with Crippen molar-refractivity contribution in [1.82, 2.24) is 0 Å². The summed E-state index contributed by atoms with van der Waals surface area (Å²) in [6, 6.07) is 19.6. The second-order valence-corrected chi connectivity index (χ2v) is 9.90. The lowest BCUT2D eigenvalue weighted by Crippen LogP contribution is -2.25. The van der Waals surface area contributed by atoms with Gasteiger partial charge in [-0.3, -0.25) is 9.59 Å². The summed E-state index contributed by atoms with van der Waals surface area (Å²) in [7, 11) is -3.65. The van der Waals surface area contributed by atoms with Gasteiger partial charge in [0.2, 0.25) is 12.7 Å². The Morgan fingerprint density at radius 2 is 1.33 bits per heavy atom. The van der Waals surface area contributed by atoms with Gasteiger partial charge in [0.05, 0.1) is 0 Å². The van der Waals surface area contributed by atoms with E-state index in [9.17, 15) is 14.2 Å². The summed E-state index contributed by atoms with van der Waals surface area (Å²) in [6.45, 7) is 9.20. The minimum absolute atomic E-state index is 0.229. The van der Waals surface area contributed by atoms with E-state index in [0.717, 1.165) is 11.1 Å². The van der Waals surface area contributed by atoms with Crippen molar-refractivity contribution < 1.29 is 14.2 Å². The Hall–Kier alpha value is -3.03. The first-order valence-electron chi connectivity index (χ1n) is 9.92. The number of ketones is 1. The molecule has 0 heterocycles. The highest BCUT2D eigenvalue weighted by molar-refractivity contribution is 7.93. The largest absolute Gasteiger partial charge is 0.305 e. The molecule has 0 amide bonds. The number of hydrogen-bond donors (Lipinski definition) is 0. The quantitative estimate of drug-likeness (QED) is 0.295. The molecule has 152 valence electrons. The van der Waals surface area contributed by atoms with E-state index in [2.05, 4.69) is 6.58 Å². The fourth-order valence-corrected chi connectivity index (χ4v) is 6.56. The number of carbonyl (C=O) groups is 2. The molecule has 0 aliphatic heterocycles. The fraction of sp³-hybridized carbons (Fsp3) is 0.154. The summed E-state index contributed by atoms with van der Waals surface area (Å²) >= 11 is 0. The molecule has 3 aromatic rings. The molecule has 0 aliphatic rings. The molecule has 0 radical (unpaired) electrons. The van der Waals surface area contributed by atoms with Gasteiger partial charge in [0.1, 0.15) is 0 Å². The van der Waals surface area contributed by atoms with Crippen molar-refractivity contribution in [3.05, 3.63) is 107 Å². The molecule has 0 N–H and O–H groups in total. The molecule has 0 saturated heterocycles. The minimum atomic E-state index is -3.65. The molecule has 0 aromatic heterocycles. The Kier molecular flexibility index (Phi) is 6.34. The summed E-state index contributed by atoms with van der Waals surface area (Å²) in [4.78, 5) is 26.6. The zero-order chi connectivity index (χ0) is 21.9. The number of rotatable bonds is 7. The zero-order valence-corrected chi connectivity index (χ0v) is 18.4. The Morgan fingerprint density at radius 3 is 1.77 bits per heavy atom. The summed E-state index contributed by atoms with van der Waals surface area (Å²) in [5, 5.41) is 0.972. The van der Waals surface area contributed by atoms with Crippen LogP contribution in [-0.4, -0.2) is 11.3 Å². The van der Waals surface area contributed by atoms with Crippen LogP contribution in [-0.2, 0) is 11.0 Å². The Labute approximate surface area is 177 Å². The fourth-order valence-electron chi connectivity index (χ4n) is 3.98. The number of hydrogen-bond acceptors (Lipinski definition) is 3. The van der Waals surface area contributed by atoms with E-state index < -0.39 is 12.7 Å². The van der Waals surface area contributed by atoms with Gasteiger partial charge in [0.15, 0.2) is 5.78 Å². The van der Waals surface area contributed by atoms with E-state index in [1.54, 1.807) is 48.5 Å². The second-order valence-electron chi connectivity index (χ2n) is 7.25. The minimum Gasteiger partial charge on any atom is -0.305 e. The molecule has 0 bridgehead atoms. The molecule has 0 unspecified atom stereocenters. The zero-order valence-electron chi connectivity index (χ0n) is 17.5. The highest BCUT2D eigenvalue weighted by atomic mass is 31.2. The van der Waals surface area contributed by atoms with Crippen molar-refractivity contribution >= 4 is 29.1 Å². The first-order chi connectivity index (χ1) is 14.4. The van der Waals surface area contributed by atoms with Crippen molar-refractivity contribution in [2.75, 3.05) is 0 Å². The maximum absolute atomic E-state index is 14.5. The third kappa shape index (κ3) is 3.62. The van der Waals surface area contributed by atoms with Crippen LogP contribution in [0.4, 0.5) is 0 Å². The Bertz CT molecular complexity index is 1120. The maximum atomic E-state index is 14.5. The molecule has 3 rings (SSSR count). The molecule has 0 atom stereocenters. The van der Waals surface area contributed by atoms with Gasteiger partial charge < -0.3 is 4.57 Å². The molecule has 4 heteroatoms. The van der Waals surface area contributed by atoms with Crippen molar-refractivity contribution in [2.24, 2.45) is 0 Å². The maximum Gasteiger partial charge on any atom is 0.230 e. The molecule has 0 saturated carbocycles. The molecule has 30 heavy (non-hydrogen) atoms. The van der Waals surface area contributed by atoms with Crippen LogP contribution < -0.4 is 10.6 Å². The van der Waals surface area contributed by atoms with Crippen LogP contribution in [0.3, 0.4) is 0 Å². The molecular weight excluding hydrogens is 391 g/mol. The normalized spacial score (nSPS) is 11.2. The third-order valence-corrected chi connectivity index (χ3v) is 8.20. The van der Waals surface area contributed by atoms with Crippen LogP contribution in [0.5, 0.6) is 0 Å². The van der Waals surface area contributed by atoms with Gasteiger partial charge in [-0.15, -0.1) is 0 Å². The Balaban J connectivity index is 2.36. The lowest BCUT2D eigenvalue weighted by atomic mass is 9.89. The lowest BCUT2D eigenvalue weighted by Gasteiger charge is -2.23. The smallest absolute Gasteiger partial charge is 0.230 e. The van der Waals surface area contributed by atoms with Gasteiger partial charge in [-0.1, -0.05) is 80.2 Å². The van der Waals surface area contributed by atoms with E-state index in [0.29, 0.717) is 33.7 Å². The van der Waals surface area contributed by atoms with Crippen LogP contribution in [0.25, 0.3) is 0 Å². The molecule has 0 aliphatic carbocycles. The van der Waals surface area contributed by atoms with E-state index in [4.69, 9.17) is 0 Å². The lowest BCUT2D eigenvalue weighted by molar-refractivity contribution is 0.104. The van der Waals surface area contributed by atoms with Crippen molar-refractivity contribution in [1.29, 1.82) is 0 Å². The van der Waals surface area contributed by atoms with Crippen LogP contribution in [0.2, 0.25) is 0 Å². The summed E-state index contributed by atoms with van der Waals surface area (Å²) in [6.07, 6.45) is 1.74. The first-order valence-corrected chi connectivity index (χ1v) is 11.6. The number of carbonyl (C=O) groups excluding carboxylic acids is 2. The van der Waals surface area contributed by atoms with Gasteiger partial charge in [0, 0.05) is 21.7 Å². The van der Waals surface area contributed by atoms with Gasteiger partial charge in [0.25, 0.3) is 0 Å². The summed E-state index contributed by atoms with van der Waals surface area (Å²) < 4.78 is 14.5. The monoisotopic (exact) mass is 416 g/mol. The molecule has 3 nitrogen and oxygen atoms in total. The number of aryl methyl sites for hydroxylation is 2. The number of allylic oxidation sites excluding steroid dienone is 1. The van der Waals surface area contributed by atoms with E-state index >= 15 is 0 Å². The molecular formula is C26H25O3P. The van der Waals surface area contributed by atoms with Gasteiger partial charge in [-0.25, -0.2) is 0 Å². The van der Waals surface area contributed by atoms with Gasteiger partial charge in [-0.2, -0.15) is 0 Å². The van der Waals surface area contributed by atoms with Crippen molar-refractivity contribution in [2.45, 2.75) is 27.2 Å². The van der Waals surface area contributed by atoms with E-state index in [1.807, 2.05) is 39.0 Å². The van der Waals surface area contributed by atoms with Crippen LogP contribution >= 0.6 is 7.14 Å². The predicted molar refractivity (Wildman–Crippen MR) is 124 cm³/mol. The van der Waals surface area contributed by atoms with Crippen molar-refractivity contribution in [3.63, 3.8) is 0 Å². The van der Waals surface area contributed by atoms with E-state index in [1.165, 1.54) is 6.08 Å². The molecule has 0 fully saturated rings. The second kappa shape index (κ2) is 8.77. The highest BCUT2D eigenvalue weighted by Gasteiger charge is 2.39. The topological polar surface area (TPSA) is 51.2 Å². The molecule has 0 spiro atoms. The standard InChI is InChI=1S/C26H25O3P/c1-5-22-24(23(27)6-2)18(3)17-19(4)25(22)26(28)30(29,20-13-9-7-10-14-20)21-15-11-8-12-16-21/h6-17H,2,5H2,1,3-4H3.